The molecule has 3 nitrogen and oxygen atoms in total. The normalized spacial score (nSPS) is 12.5. The van der Waals surface area contributed by atoms with Gasteiger partial charge in [0, 0.05) is 12.6 Å². The number of carbonyl (C=O) groups is 1. The van der Waals surface area contributed by atoms with Gasteiger partial charge in [0.1, 0.15) is 0 Å². The molecule has 0 spiro atoms. The molecular formula is C12H24N2O. The van der Waals surface area contributed by atoms with Gasteiger partial charge in [-0.1, -0.05) is 19.9 Å². The molecule has 3 heteroatoms. The zero-order valence-electron chi connectivity index (χ0n) is 10.2. The number of carbonyl (C=O) groups excluding carboxylic acids is 1. The summed E-state index contributed by atoms with van der Waals surface area (Å²) < 4.78 is 0. The summed E-state index contributed by atoms with van der Waals surface area (Å²) >= 11 is 0. The van der Waals surface area contributed by atoms with Crippen molar-refractivity contribution in [2.24, 2.45) is 5.92 Å². The van der Waals surface area contributed by atoms with Crippen molar-refractivity contribution < 1.29 is 4.79 Å². The van der Waals surface area contributed by atoms with Gasteiger partial charge < -0.3 is 10.6 Å². The molecule has 1 atom stereocenters. The molecule has 0 rings (SSSR count). The maximum Gasteiger partial charge on any atom is 0.233 e. The first-order valence-corrected chi connectivity index (χ1v) is 5.67. The van der Waals surface area contributed by atoms with Crippen LogP contribution in [0.4, 0.5) is 0 Å². The van der Waals surface area contributed by atoms with Crippen molar-refractivity contribution in [2.75, 3.05) is 13.1 Å². The van der Waals surface area contributed by atoms with Crippen LogP contribution in [0.3, 0.4) is 0 Å². The van der Waals surface area contributed by atoms with E-state index in [9.17, 15) is 4.79 Å². The van der Waals surface area contributed by atoms with Crippen LogP contribution in [0.2, 0.25) is 0 Å². The molecule has 0 saturated heterocycles. The smallest absolute Gasteiger partial charge is 0.233 e. The van der Waals surface area contributed by atoms with Gasteiger partial charge in [-0.3, -0.25) is 4.79 Å². The Bertz CT molecular complexity index is 190. The zero-order valence-corrected chi connectivity index (χ0v) is 10.2. The van der Waals surface area contributed by atoms with E-state index in [1.54, 1.807) is 0 Å². The highest BCUT2D eigenvalue weighted by Crippen LogP contribution is 1.96. The van der Waals surface area contributed by atoms with Crippen molar-refractivity contribution in [1.82, 2.24) is 10.6 Å². The third kappa shape index (κ3) is 9.47. The zero-order chi connectivity index (χ0) is 11.7. The topological polar surface area (TPSA) is 41.1 Å². The van der Waals surface area contributed by atoms with Crippen molar-refractivity contribution in [3.8, 4) is 0 Å². The minimum absolute atomic E-state index is 0.0755. The Morgan fingerprint density at radius 2 is 2.07 bits per heavy atom. The van der Waals surface area contributed by atoms with Gasteiger partial charge in [0.2, 0.25) is 5.91 Å². The quantitative estimate of drug-likeness (QED) is 0.601. The van der Waals surface area contributed by atoms with Crippen LogP contribution in [0.25, 0.3) is 0 Å². The highest BCUT2D eigenvalue weighted by Gasteiger charge is 2.03. The molecule has 0 aromatic rings. The third-order valence-electron chi connectivity index (χ3n) is 2.18. The lowest BCUT2D eigenvalue weighted by atomic mass is 10.1. The van der Waals surface area contributed by atoms with Crippen molar-refractivity contribution in [2.45, 2.75) is 39.7 Å². The van der Waals surface area contributed by atoms with Crippen LogP contribution in [-0.4, -0.2) is 25.0 Å². The van der Waals surface area contributed by atoms with E-state index in [0.717, 1.165) is 19.4 Å². The van der Waals surface area contributed by atoms with Gasteiger partial charge in [0.25, 0.3) is 0 Å². The van der Waals surface area contributed by atoms with Crippen LogP contribution in [0.5, 0.6) is 0 Å². The number of nitrogens with one attached hydrogen (secondary N) is 2. The van der Waals surface area contributed by atoms with Crippen LogP contribution < -0.4 is 10.6 Å². The molecule has 0 aromatic heterocycles. The van der Waals surface area contributed by atoms with Gasteiger partial charge in [-0.15, -0.1) is 6.58 Å². The van der Waals surface area contributed by atoms with E-state index in [-0.39, 0.29) is 5.91 Å². The third-order valence-corrected chi connectivity index (χ3v) is 2.18. The Labute approximate surface area is 93.3 Å². The number of hydrogen-bond donors (Lipinski definition) is 2. The molecule has 15 heavy (non-hydrogen) atoms. The summed E-state index contributed by atoms with van der Waals surface area (Å²) in [5.41, 5.74) is 0. The van der Waals surface area contributed by atoms with Gasteiger partial charge >= 0.3 is 0 Å². The molecule has 1 amide bonds. The fraction of sp³-hybridized carbons (Fsp3) is 0.750. The minimum Gasteiger partial charge on any atom is -0.355 e. The maximum atomic E-state index is 11.3. The van der Waals surface area contributed by atoms with Crippen LogP contribution in [-0.2, 0) is 4.79 Å². The van der Waals surface area contributed by atoms with Crippen LogP contribution in [0.1, 0.15) is 33.6 Å². The predicted molar refractivity (Wildman–Crippen MR) is 64.7 cm³/mol. The summed E-state index contributed by atoms with van der Waals surface area (Å²) in [4.78, 5) is 11.3. The van der Waals surface area contributed by atoms with Crippen LogP contribution >= 0.6 is 0 Å². The monoisotopic (exact) mass is 212 g/mol. The first-order valence-electron chi connectivity index (χ1n) is 5.67. The molecular weight excluding hydrogens is 188 g/mol. The Hall–Kier alpha value is -0.830. The average Bonchev–Trinajstić information content (AvgIpc) is 2.14. The van der Waals surface area contributed by atoms with Crippen molar-refractivity contribution in [3.63, 3.8) is 0 Å². The lowest BCUT2D eigenvalue weighted by Crippen LogP contribution is -2.38. The molecule has 0 aliphatic carbocycles. The van der Waals surface area contributed by atoms with Gasteiger partial charge in [-0.25, -0.2) is 0 Å². The lowest BCUT2D eigenvalue weighted by molar-refractivity contribution is -0.120. The van der Waals surface area contributed by atoms with Gasteiger partial charge in [-0.2, -0.15) is 0 Å². The highest BCUT2D eigenvalue weighted by atomic mass is 16.1. The molecule has 0 aliphatic rings. The molecule has 0 heterocycles. The summed E-state index contributed by atoms with van der Waals surface area (Å²) in [6.45, 7) is 11.2. The number of hydrogen-bond acceptors (Lipinski definition) is 2. The summed E-state index contributed by atoms with van der Waals surface area (Å²) in [5.74, 6) is 0.713. The second-order valence-electron chi connectivity index (χ2n) is 4.34. The van der Waals surface area contributed by atoms with E-state index in [2.05, 4.69) is 31.1 Å². The summed E-state index contributed by atoms with van der Waals surface area (Å²) in [5, 5.41) is 6.02. The Balaban J connectivity index is 3.44. The largest absolute Gasteiger partial charge is 0.355 e. The first kappa shape index (κ1) is 14.2. The van der Waals surface area contributed by atoms with E-state index in [1.165, 1.54) is 0 Å². The van der Waals surface area contributed by atoms with E-state index < -0.39 is 0 Å². The van der Waals surface area contributed by atoms with Crippen molar-refractivity contribution in [3.05, 3.63) is 12.7 Å². The van der Waals surface area contributed by atoms with Crippen LogP contribution in [0, 0.1) is 5.92 Å². The van der Waals surface area contributed by atoms with Gasteiger partial charge in [0.05, 0.1) is 6.54 Å². The SMILES string of the molecule is C=CCC(C)NCC(=O)NCCC(C)C. The highest BCUT2D eigenvalue weighted by molar-refractivity contribution is 5.77. The molecule has 0 bridgehead atoms. The standard InChI is InChI=1S/C12H24N2O/c1-5-6-11(4)14-9-12(15)13-8-7-10(2)3/h5,10-11,14H,1,6-9H2,2-4H3,(H,13,15). The van der Waals surface area contributed by atoms with E-state index in [1.807, 2.05) is 13.0 Å². The molecule has 0 saturated carbocycles. The molecule has 0 aromatic carbocycles. The average molecular weight is 212 g/mol. The first-order chi connectivity index (χ1) is 7.06. The fourth-order valence-electron chi connectivity index (χ4n) is 1.16. The number of amides is 1. The molecule has 0 fully saturated rings. The van der Waals surface area contributed by atoms with E-state index in [0.29, 0.717) is 18.5 Å². The van der Waals surface area contributed by atoms with Crippen LogP contribution in [0.15, 0.2) is 12.7 Å². The summed E-state index contributed by atoms with van der Waals surface area (Å²) in [7, 11) is 0. The molecule has 2 N–H and O–H groups in total. The van der Waals surface area contributed by atoms with E-state index >= 15 is 0 Å². The molecule has 0 aliphatic heterocycles. The minimum atomic E-state index is 0.0755. The van der Waals surface area contributed by atoms with Crippen molar-refractivity contribution >= 4 is 5.91 Å². The molecule has 1 unspecified atom stereocenters. The maximum absolute atomic E-state index is 11.3. The molecule has 88 valence electrons. The van der Waals surface area contributed by atoms with Gasteiger partial charge in [-0.05, 0) is 25.7 Å². The second-order valence-corrected chi connectivity index (χ2v) is 4.34. The number of rotatable bonds is 8. The fourth-order valence-corrected chi connectivity index (χ4v) is 1.16. The van der Waals surface area contributed by atoms with E-state index in [4.69, 9.17) is 0 Å². The Kier molecular flexibility index (Phi) is 8.01. The Morgan fingerprint density at radius 3 is 2.60 bits per heavy atom. The predicted octanol–water partition coefficient (Wildman–Crippen LogP) is 1.70. The second kappa shape index (κ2) is 8.48. The molecule has 0 radical (unpaired) electrons. The van der Waals surface area contributed by atoms with Gasteiger partial charge in [0.15, 0.2) is 0 Å². The lowest BCUT2D eigenvalue weighted by Gasteiger charge is -2.12. The summed E-state index contributed by atoms with van der Waals surface area (Å²) in [6.07, 6.45) is 3.78. The van der Waals surface area contributed by atoms with Crippen molar-refractivity contribution in [1.29, 1.82) is 0 Å². The Morgan fingerprint density at radius 1 is 1.40 bits per heavy atom. The summed E-state index contributed by atoms with van der Waals surface area (Å²) in [6, 6.07) is 0.318.